The highest BCUT2D eigenvalue weighted by Crippen LogP contribution is 2.28. The summed E-state index contributed by atoms with van der Waals surface area (Å²) in [6.45, 7) is 5.11. The summed E-state index contributed by atoms with van der Waals surface area (Å²) in [4.78, 5) is 29.3. The van der Waals surface area contributed by atoms with E-state index in [0.29, 0.717) is 19.2 Å². The Hall–Kier alpha value is -2.19. The molecule has 2 aromatic rings. The van der Waals surface area contributed by atoms with Crippen LogP contribution in [0, 0.1) is 5.92 Å². The zero-order valence-corrected chi connectivity index (χ0v) is 16.6. The van der Waals surface area contributed by atoms with Crippen LogP contribution in [0.2, 0.25) is 0 Å². The molecule has 2 aliphatic heterocycles. The minimum absolute atomic E-state index is 0.102. The number of carbonyl (C=O) groups is 1. The minimum Gasteiger partial charge on any atom is -0.383 e. The number of hydrogen-bond donors (Lipinski definition) is 2. The fourth-order valence-corrected chi connectivity index (χ4v) is 4.53. The molecule has 1 amide bonds. The number of fused-ring (bicyclic) bond motifs is 1. The first-order chi connectivity index (χ1) is 13.8. The van der Waals surface area contributed by atoms with Crippen molar-refractivity contribution in [2.24, 2.45) is 5.92 Å². The second-order valence-corrected chi connectivity index (χ2v) is 7.77. The third kappa shape index (κ3) is 4.12. The highest BCUT2D eigenvalue weighted by atomic mass is 16.5. The van der Waals surface area contributed by atoms with E-state index in [-0.39, 0.29) is 11.8 Å². The lowest BCUT2D eigenvalue weighted by molar-refractivity contribution is -0.127. The molecule has 0 aromatic carbocycles. The first-order valence-electron chi connectivity index (χ1n) is 10.3. The zero-order valence-electron chi connectivity index (χ0n) is 16.6. The second-order valence-electron chi connectivity index (χ2n) is 7.77. The number of nitrogens with one attached hydrogen (secondary N) is 2. The van der Waals surface area contributed by atoms with Gasteiger partial charge in [0.05, 0.1) is 17.9 Å². The van der Waals surface area contributed by atoms with E-state index in [1.165, 1.54) is 0 Å². The quantitative estimate of drug-likeness (QED) is 0.730. The molecule has 4 rings (SSSR count). The van der Waals surface area contributed by atoms with Gasteiger partial charge in [-0.25, -0.2) is 9.97 Å². The molecule has 2 aliphatic rings. The molecular formula is C20H30N6O2. The van der Waals surface area contributed by atoms with E-state index < -0.39 is 0 Å². The van der Waals surface area contributed by atoms with Crippen molar-refractivity contribution in [2.45, 2.75) is 31.7 Å². The number of carbonyl (C=O) groups excluding carboxylic acids is 1. The Bertz CT molecular complexity index is 786. The van der Waals surface area contributed by atoms with Crippen LogP contribution >= 0.6 is 0 Å². The molecular weight excluding hydrogens is 356 g/mol. The van der Waals surface area contributed by atoms with Crippen molar-refractivity contribution in [3.8, 4) is 0 Å². The molecule has 2 fully saturated rings. The van der Waals surface area contributed by atoms with E-state index in [0.717, 1.165) is 68.7 Å². The molecule has 8 heteroatoms. The van der Waals surface area contributed by atoms with Gasteiger partial charge in [0.25, 0.3) is 0 Å². The Labute approximate surface area is 165 Å². The van der Waals surface area contributed by atoms with E-state index in [4.69, 9.17) is 4.74 Å². The summed E-state index contributed by atoms with van der Waals surface area (Å²) in [7, 11) is 1.66. The summed E-state index contributed by atoms with van der Waals surface area (Å²) < 4.78 is 5.02. The molecule has 0 saturated carbocycles. The molecule has 28 heavy (non-hydrogen) atoms. The van der Waals surface area contributed by atoms with Crippen LogP contribution in [0.4, 0.5) is 5.82 Å². The molecule has 152 valence electrons. The molecule has 0 spiro atoms. The number of aromatic amines is 1. The number of rotatable bonds is 6. The van der Waals surface area contributed by atoms with Crippen LogP contribution in [0.3, 0.4) is 0 Å². The van der Waals surface area contributed by atoms with Crippen molar-refractivity contribution in [3.63, 3.8) is 0 Å². The SMILES string of the molecule is COCCNC(=O)[C@H]1CCCN(C2CCN(c3ncnc4[nH]ccc34)CC2)C1. The zero-order chi connectivity index (χ0) is 19.3. The molecule has 4 heterocycles. The van der Waals surface area contributed by atoms with Crippen LogP contribution in [0.25, 0.3) is 11.0 Å². The van der Waals surface area contributed by atoms with Crippen molar-refractivity contribution in [2.75, 3.05) is 51.3 Å². The summed E-state index contributed by atoms with van der Waals surface area (Å²) in [5, 5.41) is 4.09. The molecule has 0 radical (unpaired) electrons. The number of hydrogen-bond acceptors (Lipinski definition) is 6. The van der Waals surface area contributed by atoms with Gasteiger partial charge in [-0.05, 0) is 38.3 Å². The third-order valence-corrected chi connectivity index (χ3v) is 6.04. The van der Waals surface area contributed by atoms with Crippen molar-refractivity contribution >= 4 is 22.8 Å². The number of ether oxygens (including phenoxy) is 1. The lowest BCUT2D eigenvalue weighted by Crippen LogP contribution is -2.51. The number of piperidine rings is 2. The third-order valence-electron chi connectivity index (χ3n) is 6.04. The fourth-order valence-electron chi connectivity index (χ4n) is 4.53. The second kappa shape index (κ2) is 8.87. The first kappa shape index (κ1) is 19.1. The lowest BCUT2D eigenvalue weighted by atomic mass is 9.93. The normalized spacial score (nSPS) is 21.9. The molecule has 2 N–H and O–H groups in total. The minimum atomic E-state index is 0.102. The summed E-state index contributed by atoms with van der Waals surface area (Å²) >= 11 is 0. The van der Waals surface area contributed by atoms with Crippen LogP contribution in [0.1, 0.15) is 25.7 Å². The van der Waals surface area contributed by atoms with Gasteiger partial charge in [-0.3, -0.25) is 9.69 Å². The van der Waals surface area contributed by atoms with Crippen molar-refractivity contribution in [3.05, 3.63) is 18.6 Å². The molecule has 2 aromatic heterocycles. The van der Waals surface area contributed by atoms with E-state index in [2.05, 4.69) is 30.1 Å². The van der Waals surface area contributed by atoms with Crippen LogP contribution < -0.4 is 10.2 Å². The van der Waals surface area contributed by atoms with Gasteiger partial charge >= 0.3 is 0 Å². The monoisotopic (exact) mass is 386 g/mol. The van der Waals surface area contributed by atoms with E-state index in [1.54, 1.807) is 13.4 Å². The Morgan fingerprint density at radius 1 is 1.29 bits per heavy atom. The fraction of sp³-hybridized carbons (Fsp3) is 0.650. The van der Waals surface area contributed by atoms with Gasteiger partial charge in [0, 0.05) is 45.5 Å². The van der Waals surface area contributed by atoms with Crippen molar-refractivity contribution < 1.29 is 9.53 Å². The summed E-state index contributed by atoms with van der Waals surface area (Å²) in [5.41, 5.74) is 0.894. The first-order valence-corrected chi connectivity index (χ1v) is 10.3. The molecule has 0 bridgehead atoms. The number of anilines is 1. The van der Waals surface area contributed by atoms with Gasteiger partial charge in [-0.2, -0.15) is 0 Å². The summed E-state index contributed by atoms with van der Waals surface area (Å²) in [5.74, 6) is 1.30. The summed E-state index contributed by atoms with van der Waals surface area (Å²) in [6, 6.07) is 2.60. The van der Waals surface area contributed by atoms with E-state index in [1.807, 2.05) is 12.3 Å². The molecule has 8 nitrogen and oxygen atoms in total. The highest BCUT2D eigenvalue weighted by molar-refractivity contribution is 5.87. The number of H-pyrrole nitrogens is 1. The van der Waals surface area contributed by atoms with Crippen LogP contribution in [-0.4, -0.2) is 78.2 Å². The van der Waals surface area contributed by atoms with E-state index in [9.17, 15) is 4.79 Å². The Morgan fingerprint density at radius 2 is 2.14 bits per heavy atom. The summed E-state index contributed by atoms with van der Waals surface area (Å²) in [6.07, 6.45) is 7.85. The van der Waals surface area contributed by atoms with Crippen molar-refractivity contribution in [1.29, 1.82) is 0 Å². The number of methoxy groups -OCH3 is 1. The predicted octanol–water partition coefficient (Wildman–Crippen LogP) is 1.40. The molecule has 1 atom stereocenters. The number of likely N-dealkylation sites (tertiary alicyclic amines) is 1. The van der Waals surface area contributed by atoms with Crippen LogP contribution in [0.5, 0.6) is 0 Å². The average Bonchev–Trinajstić information content (AvgIpc) is 3.23. The van der Waals surface area contributed by atoms with Gasteiger partial charge in [0.1, 0.15) is 17.8 Å². The lowest BCUT2D eigenvalue weighted by Gasteiger charge is -2.42. The Balaban J connectivity index is 1.32. The maximum Gasteiger partial charge on any atom is 0.224 e. The highest BCUT2D eigenvalue weighted by Gasteiger charge is 2.32. The molecule has 0 aliphatic carbocycles. The van der Waals surface area contributed by atoms with Gasteiger partial charge in [-0.1, -0.05) is 0 Å². The number of amides is 1. The van der Waals surface area contributed by atoms with E-state index >= 15 is 0 Å². The average molecular weight is 387 g/mol. The standard InChI is InChI=1S/C20H30N6O2/c1-28-12-8-22-20(27)15-3-2-9-26(13-15)16-5-10-25(11-6-16)19-17-4-7-21-18(17)23-14-24-19/h4,7,14-16H,2-3,5-6,8-13H2,1H3,(H,22,27)(H,21,23,24)/t15-/m0/s1. The number of aromatic nitrogens is 3. The van der Waals surface area contributed by atoms with Crippen LogP contribution in [0.15, 0.2) is 18.6 Å². The topological polar surface area (TPSA) is 86.4 Å². The maximum atomic E-state index is 12.4. The molecule has 0 unspecified atom stereocenters. The Morgan fingerprint density at radius 3 is 2.96 bits per heavy atom. The van der Waals surface area contributed by atoms with Crippen LogP contribution in [-0.2, 0) is 9.53 Å². The van der Waals surface area contributed by atoms with Gasteiger partial charge in [0.15, 0.2) is 0 Å². The number of nitrogens with zero attached hydrogens (tertiary/aromatic N) is 4. The maximum absolute atomic E-state index is 12.4. The predicted molar refractivity (Wildman–Crippen MR) is 108 cm³/mol. The smallest absolute Gasteiger partial charge is 0.224 e. The molecule has 2 saturated heterocycles. The largest absolute Gasteiger partial charge is 0.383 e. The van der Waals surface area contributed by atoms with Gasteiger partial charge in [0.2, 0.25) is 5.91 Å². The Kier molecular flexibility index (Phi) is 6.07. The van der Waals surface area contributed by atoms with Gasteiger partial charge < -0.3 is 19.9 Å². The van der Waals surface area contributed by atoms with Crippen molar-refractivity contribution in [1.82, 2.24) is 25.2 Å². The van der Waals surface area contributed by atoms with Gasteiger partial charge in [-0.15, -0.1) is 0 Å².